The second-order valence-electron chi connectivity index (χ2n) is 8.88. The summed E-state index contributed by atoms with van der Waals surface area (Å²) in [5, 5.41) is 5.51. The SMILES string of the molecule is O=S(=O)(c1ccccc1)N1CCN(c2cc(-c3ccccc3)nc3cc(-c4cccc(Cl)c4)nn23)CC1. The second-order valence-corrected chi connectivity index (χ2v) is 11.3. The molecule has 1 fully saturated rings. The minimum absolute atomic E-state index is 0.319. The molecule has 0 radical (unpaired) electrons. The molecule has 3 heterocycles. The van der Waals surface area contributed by atoms with Gasteiger partial charge in [0, 0.05) is 54.5 Å². The van der Waals surface area contributed by atoms with Crippen molar-refractivity contribution in [3.05, 3.63) is 102 Å². The van der Waals surface area contributed by atoms with Gasteiger partial charge >= 0.3 is 0 Å². The molecular weight excluding hydrogens is 506 g/mol. The highest BCUT2D eigenvalue weighted by Crippen LogP contribution is 2.29. The third-order valence-corrected chi connectivity index (χ3v) is 8.69. The fourth-order valence-corrected chi connectivity index (χ4v) is 6.26. The number of hydrogen-bond acceptors (Lipinski definition) is 5. The third-order valence-electron chi connectivity index (χ3n) is 6.54. The number of hydrogen-bond donors (Lipinski definition) is 0. The summed E-state index contributed by atoms with van der Waals surface area (Å²) < 4.78 is 29.7. The first-order valence-corrected chi connectivity index (χ1v) is 13.8. The molecule has 0 spiro atoms. The maximum absolute atomic E-state index is 13.1. The van der Waals surface area contributed by atoms with Gasteiger partial charge in [-0.3, -0.25) is 0 Å². The Kier molecular flexibility index (Phi) is 6.16. The Morgan fingerprint density at radius 1 is 0.703 bits per heavy atom. The van der Waals surface area contributed by atoms with Crippen molar-refractivity contribution in [3.8, 4) is 22.5 Å². The van der Waals surface area contributed by atoms with Gasteiger partial charge < -0.3 is 4.90 Å². The summed E-state index contributed by atoms with van der Waals surface area (Å²) in [6.07, 6.45) is 0. The van der Waals surface area contributed by atoms with Crippen molar-refractivity contribution in [3.63, 3.8) is 0 Å². The minimum atomic E-state index is -3.54. The van der Waals surface area contributed by atoms with Crippen molar-refractivity contribution >= 4 is 33.1 Å². The average molecular weight is 530 g/mol. The van der Waals surface area contributed by atoms with Crippen LogP contribution in [0, 0.1) is 0 Å². The maximum Gasteiger partial charge on any atom is 0.243 e. The molecule has 1 aliphatic heterocycles. The zero-order chi connectivity index (χ0) is 25.4. The molecule has 0 aliphatic carbocycles. The zero-order valence-electron chi connectivity index (χ0n) is 19.9. The standard InChI is InChI=1S/C28H24ClN5O2S/c29-23-11-7-10-22(18-23)26-19-27-30-25(21-8-3-1-4-9-21)20-28(34(27)31-26)32-14-16-33(17-15-32)37(35,36)24-12-5-2-6-13-24/h1-13,18-20H,14-17H2. The van der Waals surface area contributed by atoms with Crippen LogP contribution in [0.2, 0.25) is 5.02 Å². The lowest BCUT2D eigenvalue weighted by Crippen LogP contribution is -2.49. The summed E-state index contributed by atoms with van der Waals surface area (Å²) in [4.78, 5) is 7.39. The van der Waals surface area contributed by atoms with Crippen molar-refractivity contribution in [2.24, 2.45) is 0 Å². The maximum atomic E-state index is 13.1. The van der Waals surface area contributed by atoms with Gasteiger partial charge in [-0.1, -0.05) is 72.3 Å². The Morgan fingerprint density at radius 2 is 1.38 bits per heavy atom. The van der Waals surface area contributed by atoms with Gasteiger partial charge in [0.1, 0.15) is 5.82 Å². The van der Waals surface area contributed by atoms with Gasteiger partial charge in [0.25, 0.3) is 0 Å². The average Bonchev–Trinajstić information content (AvgIpc) is 3.38. The van der Waals surface area contributed by atoms with Crippen molar-refractivity contribution in [2.75, 3.05) is 31.1 Å². The number of piperazine rings is 1. The van der Waals surface area contributed by atoms with Crippen LogP contribution >= 0.6 is 11.6 Å². The van der Waals surface area contributed by atoms with E-state index in [1.165, 1.54) is 0 Å². The Labute approximate surface area is 220 Å². The number of fused-ring (bicyclic) bond motifs is 1. The van der Waals surface area contributed by atoms with E-state index < -0.39 is 10.0 Å². The van der Waals surface area contributed by atoms with E-state index in [4.69, 9.17) is 21.7 Å². The van der Waals surface area contributed by atoms with Crippen LogP contribution in [0.5, 0.6) is 0 Å². The lowest BCUT2D eigenvalue weighted by atomic mass is 10.1. The van der Waals surface area contributed by atoms with Gasteiger partial charge in [0.2, 0.25) is 10.0 Å². The van der Waals surface area contributed by atoms with Crippen LogP contribution in [0.25, 0.3) is 28.2 Å². The predicted molar refractivity (Wildman–Crippen MR) is 146 cm³/mol. The van der Waals surface area contributed by atoms with Gasteiger partial charge in [-0.15, -0.1) is 0 Å². The van der Waals surface area contributed by atoms with Crippen molar-refractivity contribution in [1.82, 2.24) is 18.9 Å². The van der Waals surface area contributed by atoms with Crippen LogP contribution in [0.15, 0.2) is 102 Å². The number of sulfonamides is 1. The highest BCUT2D eigenvalue weighted by molar-refractivity contribution is 7.89. The molecule has 1 aliphatic rings. The van der Waals surface area contributed by atoms with Gasteiger partial charge in [-0.2, -0.15) is 13.9 Å². The van der Waals surface area contributed by atoms with E-state index in [1.54, 1.807) is 28.6 Å². The van der Waals surface area contributed by atoms with E-state index in [1.807, 2.05) is 77.3 Å². The quantitative estimate of drug-likeness (QED) is 0.312. The molecule has 0 N–H and O–H groups in total. The van der Waals surface area contributed by atoms with Crippen LogP contribution in [0.3, 0.4) is 0 Å². The van der Waals surface area contributed by atoms with E-state index in [-0.39, 0.29) is 0 Å². The number of rotatable bonds is 5. The van der Waals surface area contributed by atoms with Crippen LogP contribution < -0.4 is 4.90 Å². The number of nitrogens with zero attached hydrogens (tertiary/aromatic N) is 5. The summed E-state index contributed by atoms with van der Waals surface area (Å²) in [6.45, 7) is 1.83. The third kappa shape index (κ3) is 4.59. The summed E-state index contributed by atoms with van der Waals surface area (Å²) in [5.74, 6) is 0.869. The summed E-state index contributed by atoms with van der Waals surface area (Å²) in [7, 11) is -3.54. The molecular formula is C28H24ClN5O2S. The molecule has 3 aromatic carbocycles. The number of aromatic nitrogens is 3. The lowest BCUT2D eigenvalue weighted by molar-refractivity contribution is 0.383. The molecule has 1 saturated heterocycles. The zero-order valence-corrected chi connectivity index (χ0v) is 21.5. The molecule has 5 aromatic rings. The molecule has 7 nitrogen and oxygen atoms in total. The fourth-order valence-electron chi connectivity index (χ4n) is 4.63. The normalized spacial score (nSPS) is 14.8. The highest BCUT2D eigenvalue weighted by Gasteiger charge is 2.29. The predicted octanol–water partition coefficient (Wildman–Crippen LogP) is 5.23. The van der Waals surface area contributed by atoms with Crippen LogP contribution in [-0.2, 0) is 10.0 Å². The molecule has 0 amide bonds. The van der Waals surface area contributed by atoms with Gasteiger partial charge in [0.05, 0.1) is 16.3 Å². The van der Waals surface area contributed by atoms with Gasteiger partial charge in [0.15, 0.2) is 5.65 Å². The van der Waals surface area contributed by atoms with E-state index in [0.717, 1.165) is 28.3 Å². The van der Waals surface area contributed by atoms with Crippen molar-refractivity contribution in [1.29, 1.82) is 0 Å². The molecule has 9 heteroatoms. The van der Waals surface area contributed by atoms with Gasteiger partial charge in [-0.05, 0) is 24.3 Å². The molecule has 186 valence electrons. The number of anilines is 1. The van der Waals surface area contributed by atoms with Crippen molar-refractivity contribution < 1.29 is 8.42 Å². The number of halogens is 1. The monoisotopic (exact) mass is 529 g/mol. The molecule has 0 saturated carbocycles. The molecule has 0 unspecified atom stereocenters. The lowest BCUT2D eigenvalue weighted by Gasteiger charge is -2.35. The molecule has 6 rings (SSSR count). The van der Waals surface area contributed by atoms with Gasteiger partial charge in [-0.25, -0.2) is 13.4 Å². The number of benzene rings is 3. The van der Waals surface area contributed by atoms with Crippen LogP contribution in [-0.4, -0.2) is 53.5 Å². The molecule has 0 atom stereocenters. The Morgan fingerprint density at radius 3 is 2.08 bits per heavy atom. The first kappa shape index (κ1) is 23.7. The second kappa shape index (κ2) is 9.63. The highest BCUT2D eigenvalue weighted by atomic mass is 35.5. The molecule has 37 heavy (non-hydrogen) atoms. The van der Waals surface area contributed by atoms with Crippen molar-refractivity contribution in [2.45, 2.75) is 4.90 Å². The van der Waals surface area contributed by atoms with E-state index in [9.17, 15) is 8.42 Å². The topological polar surface area (TPSA) is 70.8 Å². The van der Waals surface area contributed by atoms with Crippen LogP contribution in [0.4, 0.5) is 5.82 Å². The Hall–Kier alpha value is -3.72. The molecule has 0 bridgehead atoms. The Balaban J connectivity index is 1.37. The summed E-state index contributed by atoms with van der Waals surface area (Å²) in [5.41, 5.74) is 4.23. The summed E-state index contributed by atoms with van der Waals surface area (Å²) in [6, 6.07) is 30.2. The first-order valence-electron chi connectivity index (χ1n) is 12.0. The van der Waals surface area contributed by atoms with E-state index in [2.05, 4.69) is 4.90 Å². The smallest absolute Gasteiger partial charge is 0.243 e. The van der Waals surface area contributed by atoms with Crippen LogP contribution in [0.1, 0.15) is 0 Å². The van der Waals surface area contributed by atoms with E-state index in [0.29, 0.717) is 41.7 Å². The Bertz CT molecular complexity index is 1670. The minimum Gasteiger partial charge on any atom is -0.354 e. The molecule has 2 aromatic heterocycles. The first-order chi connectivity index (χ1) is 18.0. The summed E-state index contributed by atoms with van der Waals surface area (Å²) >= 11 is 6.23. The fraction of sp³-hybridized carbons (Fsp3) is 0.143. The van der Waals surface area contributed by atoms with E-state index >= 15 is 0 Å². The largest absolute Gasteiger partial charge is 0.354 e.